The lowest BCUT2D eigenvalue weighted by Crippen LogP contribution is -2.43. The minimum absolute atomic E-state index is 0.234. The van der Waals surface area contributed by atoms with Gasteiger partial charge in [0.2, 0.25) is 5.91 Å². The first kappa shape index (κ1) is 9.37. The molecule has 1 heterocycles. The van der Waals surface area contributed by atoms with Crippen LogP contribution in [0.25, 0.3) is 0 Å². The van der Waals surface area contributed by atoms with Crippen molar-refractivity contribution in [2.75, 3.05) is 13.1 Å². The van der Waals surface area contributed by atoms with Crippen LogP contribution in [0.2, 0.25) is 0 Å². The van der Waals surface area contributed by atoms with Crippen molar-refractivity contribution in [3.05, 3.63) is 0 Å². The molecule has 3 nitrogen and oxygen atoms in total. The Hall–Kier alpha value is -0.860. The number of Topliss-reactive ketones (excluding diaryl/α,β-unsaturated/α-hetero) is 1. The summed E-state index contributed by atoms with van der Waals surface area (Å²) in [7, 11) is 0. The first-order valence-electron chi connectivity index (χ1n) is 6.04. The van der Waals surface area contributed by atoms with E-state index >= 15 is 0 Å². The van der Waals surface area contributed by atoms with E-state index in [2.05, 4.69) is 0 Å². The molecule has 3 heteroatoms. The van der Waals surface area contributed by atoms with Gasteiger partial charge in [-0.3, -0.25) is 9.59 Å². The molecule has 0 aromatic heterocycles. The van der Waals surface area contributed by atoms with Gasteiger partial charge in [0.25, 0.3) is 0 Å². The van der Waals surface area contributed by atoms with Crippen molar-refractivity contribution in [1.29, 1.82) is 0 Å². The summed E-state index contributed by atoms with van der Waals surface area (Å²) in [5, 5.41) is 0. The van der Waals surface area contributed by atoms with Crippen molar-refractivity contribution in [1.82, 2.24) is 4.90 Å². The smallest absolute Gasteiger partial charge is 0.226 e. The molecule has 3 aliphatic rings. The van der Waals surface area contributed by atoms with Crippen LogP contribution in [-0.4, -0.2) is 29.7 Å². The Balaban J connectivity index is 1.61. The molecular formula is C12H17NO2. The normalized spacial score (nSPS) is 39.1. The molecule has 1 saturated heterocycles. The second-order valence-corrected chi connectivity index (χ2v) is 5.33. The first-order valence-corrected chi connectivity index (χ1v) is 6.04. The molecule has 0 N–H and O–H groups in total. The van der Waals surface area contributed by atoms with Crippen LogP contribution < -0.4 is 0 Å². The van der Waals surface area contributed by atoms with Gasteiger partial charge in [-0.25, -0.2) is 0 Å². The number of hydrogen-bond donors (Lipinski definition) is 0. The molecule has 1 aliphatic heterocycles. The summed E-state index contributed by atoms with van der Waals surface area (Å²) in [6, 6.07) is 0. The van der Waals surface area contributed by atoms with Crippen molar-refractivity contribution >= 4 is 11.7 Å². The molecule has 82 valence electrons. The maximum absolute atomic E-state index is 12.1. The molecule has 0 aromatic rings. The van der Waals surface area contributed by atoms with Crippen LogP contribution in [0.4, 0.5) is 0 Å². The second-order valence-electron chi connectivity index (χ2n) is 5.33. The van der Waals surface area contributed by atoms with E-state index in [0.717, 1.165) is 37.6 Å². The SMILES string of the molecule is O=C1CCCN(C(=O)C2CC3CC3C2)C1. The van der Waals surface area contributed by atoms with Crippen molar-refractivity contribution in [3.63, 3.8) is 0 Å². The van der Waals surface area contributed by atoms with Gasteiger partial charge in [-0.05, 0) is 37.5 Å². The molecule has 0 aromatic carbocycles. The fraction of sp³-hybridized carbons (Fsp3) is 0.833. The van der Waals surface area contributed by atoms with Gasteiger partial charge < -0.3 is 4.90 Å². The highest BCUT2D eigenvalue weighted by Gasteiger charge is 2.48. The van der Waals surface area contributed by atoms with Crippen molar-refractivity contribution in [2.24, 2.45) is 17.8 Å². The predicted molar refractivity (Wildman–Crippen MR) is 55.1 cm³/mol. The minimum Gasteiger partial charge on any atom is -0.335 e. The third-order valence-electron chi connectivity index (χ3n) is 4.16. The molecular weight excluding hydrogens is 190 g/mol. The van der Waals surface area contributed by atoms with E-state index < -0.39 is 0 Å². The molecule has 0 spiro atoms. The summed E-state index contributed by atoms with van der Waals surface area (Å²) in [4.78, 5) is 25.2. The van der Waals surface area contributed by atoms with Crippen LogP contribution in [0.5, 0.6) is 0 Å². The fourth-order valence-corrected chi connectivity index (χ4v) is 3.20. The highest BCUT2D eigenvalue weighted by Crippen LogP contribution is 2.54. The van der Waals surface area contributed by atoms with E-state index in [1.165, 1.54) is 6.42 Å². The average Bonchev–Trinajstić information content (AvgIpc) is 2.85. The monoisotopic (exact) mass is 207 g/mol. The first-order chi connectivity index (χ1) is 7.24. The van der Waals surface area contributed by atoms with E-state index in [-0.39, 0.29) is 17.6 Å². The van der Waals surface area contributed by atoms with Gasteiger partial charge in [0.1, 0.15) is 0 Å². The second kappa shape index (κ2) is 3.32. The van der Waals surface area contributed by atoms with Gasteiger partial charge in [-0.1, -0.05) is 0 Å². The molecule has 3 fully saturated rings. The van der Waals surface area contributed by atoms with Gasteiger partial charge in [0.05, 0.1) is 6.54 Å². The number of nitrogens with zero attached hydrogens (tertiary/aromatic N) is 1. The van der Waals surface area contributed by atoms with Crippen molar-refractivity contribution in [3.8, 4) is 0 Å². The Labute approximate surface area is 89.8 Å². The predicted octanol–water partition coefficient (Wildman–Crippen LogP) is 1.22. The molecule has 1 amide bonds. The van der Waals surface area contributed by atoms with Gasteiger partial charge >= 0.3 is 0 Å². The van der Waals surface area contributed by atoms with Gasteiger partial charge in [-0.2, -0.15) is 0 Å². The molecule has 2 unspecified atom stereocenters. The van der Waals surface area contributed by atoms with Crippen molar-refractivity contribution in [2.45, 2.75) is 32.1 Å². The van der Waals surface area contributed by atoms with E-state index in [1.54, 1.807) is 4.90 Å². The highest BCUT2D eigenvalue weighted by atomic mass is 16.2. The van der Waals surface area contributed by atoms with Crippen LogP contribution in [0.1, 0.15) is 32.1 Å². The number of carbonyl (C=O) groups excluding carboxylic acids is 2. The third-order valence-corrected chi connectivity index (χ3v) is 4.16. The zero-order valence-electron chi connectivity index (χ0n) is 8.95. The maximum atomic E-state index is 12.1. The molecule has 15 heavy (non-hydrogen) atoms. The zero-order chi connectivity index (χ0) is 10.4. The summed E-state index contributed by atoms with van der Waals surface area (Å²) in [6.07, 6.45) is 5.06. The number of rotatable bonds is 1. The quantitative estimate of drug-likeness (QED) is 0.648. The number of fused-ring (bicyclic) bond motifs is 1. The van der Waals surface area contributed by atoms with Crippen LogP contribution in [0.15, 0.2) is 0 Å². The number of piperidine rings is 1. The number of amides is 1. The lowest BCUT2D eigenvalue weighted by molar-refractivity contribution is -0.141. The molecule has 2 aliphatic carbocycles. The Morgan fingerprint density at radius 2 is 1.93 bits per heavy atom. The van der Waals surface area contributed by atoms with Gasteiger partial charge in [0.15, 0.2) is 5.78 Å². The molecule has 3 rings (SSSR count). The van der Waals surface area contributed by atoms with Gasteiger partial charge in [0, 0.05) is 18.9 Å². The summed E-state index contributed by atoms with van der Waals surface area (Å²) >= 11 is 0. The Bertz CT molecular complexity index is 303. The number of hydrogen-bond acceptors (Lipinski definition) is 2. The highest BCUT2D eigenvalue weighted by molar-refractivity contribution is 5.88. The molecule has 2 atom stereocenters. The van der Waals surface area contributed by atoms with E-state index in [0.29, 0.717) is 13.0 Å². The number of ketones is 1. The molecule has 0 radical (unpaired) electrons. The molecule has 0 bridgehead atoms. The Kier molecular flexibility index (Phi) is 2.08. The zero-order valence-corrected chi connectivity index (χ0v) is 8.95. The van der Waals surface area contributed by atoms with E-state index in [9.17, 15) is 9.59 Å². The van der Waals surface area contributed by atoms with Crippen LogP contribution in [0.3, 0.4) is 0 Å². The van der Waals surface area contributed by atoms with E-state index in [4.69, 9.17) is 0 Å². The van der Waals surface area contributed by atoms with Crippen LogP contribution in [-0.2, 0) is 9.59 Å². The number of likely N-dealkylation sites (tertiary alicyclic amines) is 1. The standard InChI is InChI=1S/C12H17NO2/c14-11-2-1-3-13(7-11)12(15)10-5-8-4-9(8)6-10/h8-10H,1-7H2. The molecule has 2 saturated carbocycles. The summed E-state index contributed by atoms with van der Waals surface area (Å²) in [6.45, 7) is 1.18. The largest absolute Gasteiger partial charge is 0.335 e. The van der Waals surface area contributed by atoms with Crippen LogP contribution in [0, 0.1) is 17.8 Å². The van der Waals surface area contributed by atoms with E-state index in [1.807, 2.05) is 0 Å². The Morgan fingerprint density at radius 3 is 2.60 bits per heavy atom. The lowest BCUT2D eigenvalue weighted by Gasteiger charge is -2.28. The summed E-state index contributed by atoms with van der Waals surface area (Å²) in [5.41, 5.74) is 0. The Morgan fingerprint density at radius 1 is 1.20 bits per heavy atom. The summed E-state index contributed by atoms with van der Waals surface area (Å²) < 4.78 is 0. The van der Waals surface area contributed by atoms with Crippen molar-refractivity contribution < 1.29 is 9.59 Å². The topological polar surface area (TPSA) is 37.4 Å². The fourth-order valence-electron chi connectivity index (χ4n) is 3.20. The third kappa shape index (κ3) is 1.68. The number of carbonyl (C=O) groups is 2. The lowest BCUT2D eigenvalue weighted by atomic mass is 10.00. The minimum atomic E-state index is 0.234. The van der Waals surface area contributed by atoms with Crippen LogP contribution >= 0.6 is 0 Å². The summed E-state index contributed by atoms with van der Waals surface area (Å²) in [5.74, 6) is 2.44. The van der Waals surface area contributed by atoms with Gasteiger partial charge in [-0.15, -0.1) is 0 Å². The maximum Gasteiger partial charge on any atom is 0.226 e. The average molecular weight is 207 g/mol.